The molecule has 0 N–H and O–H groups in total. The maximum atomic E-state index is 6.49. The van der Waals surface area contributed by atoms with Gasteiger partial charge >= 0.3 is 0 Å². The SMILES string of the molecule is Cc1ccc(Oc2c3ccccc3c(-c3ccccc3)c3ncccc23)cc1C. The van der Waals surface area contributed by atoms with Gasteiger partial charge in [0.15, 0.2) is 0 Å². The summed E-state index contributed by atoms with van der Waals surface area (Å²) in [5, 5.41) is 3.25. The molecule has 0 amide bonds. The van der Waals surface area contributed by atoms with Gasteiger partial charge in [-0.15, -0.1) is 0 Å². The number of hydrogen-bond acceptors (Lipinski definition) is 2. The molecule has 1 aromatic heterocycles. The monoisotopic (exact) mass is 375 g/mol. The normalized spacial score (nSPS) is 11.1. The van der Waals surface area contributed by atoms with Gasteiger partial charge in [0, 0.05) is 22.5 Å². The summed E-state index contributed by atoms with van der Waals surface area (Å²) in [5.74, 6) is 1.70. The Kier molecular flexibility index (Phi) is 4.25. The van der Waals surface area contributed by atoms with Crippen LogP contribution in [0.25, 0.3) is 32.8 Å². The van der Waals surface area contributed by atoms with Crippen LogP contribution in [0.3, 0.4) is 0 Å². The minimum Gasteiger partial charge on any atom is -0.456 e. The van der Waals surface area contributed by atoms with Crippen molar-refractivity contribution in [1.82, 2.24) is 4.98 Å². The second-order valence-corrected chi connectivity index (χ2v) is 7.36. The fraction of sp³-hybridized carbons (Fsp3) is 0.0741. The number of nitrogens with zero attached hydrogens (tertiary/aromatic N) is 1. The van der Waals surface area contributed by atoms with Crippen molar-refractivity contribution in [3.05, 3.63) is 102 Å². The van der Waals surface area contributed by atoms with Crippen LogP contribution in [0.5, 0.6) is 11.5 Å². The minimum absolute atomic E-state index is 0.843. The molecule has 140 valence electrons. The molecular weight excluding hydrogens is 354 g/mol. The summed E-state index contributed by atoms with van der Waals surface area (Å²) in [6.07, 6.45) is 1.85. The Balaban J connectivity index is 1.84. The molecule has 1 heterocycles. The summed E-state index contributed by atoms with van der Waals surface area (Å²) in [5.41, 5.74) is 5.73. The lowest BCUT2D eigenvalue weighted by atomic mass is 9.94. The van der Waals surface area contributed by atoms with Crippen LogP contribution in [0, 0.1) is 13.8 Å². The van der Waals surface area contributed by atoms with Gasteiger partial charge in [0.05, 0.1) is 5.52 Å². The van der Waals surface area contributed by atoms with Gasteiger partial charge in [0.25, 0.3) is 0 Å². The van der Waals surface area contributed by atoms with Gasteiger partial charge in [0.1, 0.15) is 11.5 Å². The Hall–Kier alpha value is -3.65. The Labute approximate surface area is 170 Å². The third kappa shape index (κ3) is 3.03. The fourth-order valence-electron chi connectivity index (χ4n) is 3.86. The summed E-state index contributed by atoms with van der Waals surface area (Å²) in [6, 6.07) is 29.2. The molecule has 2 nitrogen and oxygen atoms in total. The summed E-state index contributed by atoms with van der Waals surface area (Å²) in [7, 11) is 0. The number of benzene rings is 4. The van der Waals surface area contributed by atoms with E-state index in [1.54, 1.807) is 0 Å². The van der Waals surface area contributed by atoms with Crippen LogP contribution in [-0.4, -0.2) is 4.98 Å². The molecule has 0 radical (unpaired) electrons. The fourth-order valence-corrected chi connectivity index (χ4v) is 3.86. The predicted octanol–water partition coefficient (Wildman–Crippen LogP) is 7.46. The smallest absolute Gasteiger partial charge is 0.144 e. The first-order chi connectivity index (χ1) is 14.2. The standard InChI is InChI=1S/C27H21NO/c1-18-14-15-21(17-19(18)2)29-27-23-12-7-6-11-22(23)25(20-9-4-3-5-10-20)26-24(27)13-8-16-28-26/h3-17H,1-2H3. The number of rotatable bonds is 3. The summed E-state index contributed by atoms with van der Waals surface area (Å²) >= 11 is 0. The van der Waals surface area contributed by atoms with Gasteiger partial charge in [-0.3, -0.25) is 4.98 Å². The highest BCUT2D eigenvalue weighted by Crippen LogP contribution is 2.43. The van der Waals surface area contributed by atoms with E-state index < -0.39 is 0 Å². The first kappa shape index (κ1) is 17.4. The van der Waals surface area contributed by atoms with Crippen LogP contribution in [0.1, 0.15) is 11.1 Å². The molecule has 2 heteroatoms. The highest BCUT2D eigenvalue weighted by Gasteiger charge is 2.17. The maximum absolute atomic E-state index is 6.49. The summed E-state index contributed by atoms with van der Waals surface area (Å²) in [4.78, 5) is 4.76. The molecule has 29 heavy (non-hydrogen) atoms. The molecule has 0 fully saturated rings. The van der Waals surface area contributed by atoms with Gasteiger partial charge < -0.3 is 4.74 Å². The maximum Gasteiger partial charge on any atom is 0.144 e. The largest absolute Gasteiger partial charge is 0.456 e. The van der Waals surface area contributed by atoms with Crippen LogP contribution in [0.15, 0.2) is 91.1 Å². The van der Waals surface area contributed by atoms with E-state index >= 15 is 0 Å². The van der Waals surface area contributed by atoms with Gasteiger partial charge in [-0.25, -0.2) is 0 Å². The predicted molar refractivity (Wildman–Crippen MR) is 121 cm³/mol. The van der Waals surface area contributed by atoms with E-state index in [4.69, 9.17) is 9.72 Å². The van der Waals surface area contributed by atoms with Crippen LogP contribution in [0.2, 0.25) is 0 Å². The lowest BCUT2D eigenvalue weighted by Crippen LogP contribution is -1.94. The van der Waals surface area contributed by atoms with Crippen molar-refractivity contribution < 1.29 is 4.74 Å². The van der Waals surface area contributed by atoms with Crippen molar-refractivity contribution in [2.75, 3.05) is 0 Å². The van der Waals surface area contributed by atoms with Crippen molar-refractivity contribution in [2.45, 2.75) is 13.8 Å². The third-order valence-electron chi connectivity index (χ3n) is 5.49. The molecule has 0 unspecified atom stereocenters. The van der Waals surface area contributed by atoms with Crippen molar-refractivity contribution in [1.29, 1.82) is 0 Å². The lowest BCUT2D eigenvalue weighted by molar-refractivity contribution is 0.493. The Morgan fingerprint density at radius 1 is 0.655 bits per heavy atom. The van der Waals surface area contributed by atoms with Crippen molar-refractivity contribution in [3.63, 3.8) is 0 Å². The number of aromatic nitrogens is 1. The molecule has 0 aliphatic rings. The molecule has 0 aliphatic heterocycles. The van der Waals surface area contributed by atoms with Crippen LogP contribution in [-0.2, 0) is 0 Å². The molecular formula is C27H21NO. The van der Waals surface area contributed by atoms with Crippen molar-refractivity contribution in [2.24, 2.45) is 0 Å². The Morgan fingerprint density at radius 3 is 2.17 bits per heavy atom. The van der Waals surface area contributed by atoms with E-state index in [1.165, 1.54) is 11.1 Å². The quantitative estimate of drug-likeness (QED) is 0.305. The first-order valence-electron chi connectivity index (χ1n) is 9.82. The second kappa shape index (κ2) is 7.06. The average Bonchev–Trinajstić information content (AvgIpc) is 2.77. The zero-order valence-corrected chi connectivity index (χ0v) is 16.5. The van der Waals surface area contributed by atoms with E-state index in [0.717, 1.165) is 44.3 Å². The molecule has 0 bridgehead atoms. The van der Waals surface area contributed by atoms with Gasteiger partial charge in [-0.2, -0.15) is 0 Å². The van der Waals surface area contributed by atoms with Gasteiger partial charge in [-0.05, 0) is 60.2 Å². The summed E-state index contributed by atoms with van der Waals surface area (Å²) in [6.45, 7) is 4.22. The number of ether oxygens (including phenoxy) is 1. The molecule has 0 atom stereocenters. The highest BCUT2D eigenvalue weighted by atomic mass is 16.5. The molecule has 0 saturated carbocycles. The number of pyridine rings is 1. The molecule has 0 saturated heterocycles. The van der Waals surface area contributed by atoms with Crippen LogP contribution >= 0.6 is 0 Å². The lowest BCUT2D eigenvalue weighted by Gasteiger charge is -2.17. The zero-order valence-electron chi connectivity index (χ0n) is 16.5. The van der Waals surface area contributed by atoms with E-state index in [0.29, 0.717) is 0 Å². The van der Waals surface area contributed by atoms with E-state index in [2.05, 4.69) is 80.6 Å². The van der Waals surface area contributed by atoms with Crippen molar-refractivity contribution >= 4 is 21.7 Å². The average molecular weight is 375 g/mol. The highest BCUT2D eigenvalue weighted by molar-refractivity contribution is 6.15. The molecule has 0 spiro atoms. The number of aryl methyl sites for hydroxylation is 2. The number of fused-ring (bicyclic) bond motifs is 2. The van der Waals surface area contributed by atoms with Crippen LogP contribution in [0.4, 0.5) is 0 Å². The van der Waals surface area contributed by atoms with Crippen molar-refractivity contribution in [3.8, 4) is 22.6 Å². The molecule has 0 aliphatic carbocycles. The van der Waals surface area contributed by atoms with E-state index in [-0.39, 0.29) is 0 Å². The van der Waals surface area contributed by atoms with Gasteiger partial charge in [-0.1, -0.05) is 60.7 Å². The molecule has 5 rings (SSSR count). The first-order valence-corrected chi connectivity index (χ1v) is 9.82. The van der Waals surface area contributed by atoms with Crippen LogP contribution < -0.4 is 4.74 Å². The molecule has 4 aromatic carbocycles. The topological polar surface area (TPSA) is 22.1 Å². The Morgan fingerprint density at radius 2 is 1.38 bits per heavy atom. The van der Waals surface area contributed by atoms with E-state index in [1.807, 2.05) is 24.4 Å². The molecule has 5 aromatic rings. The zero-order chi connectivity index (χ0) is 19.8. The van der Waals surface area contributed by atoms with Gasteiger partial charge in [0.2, 0.25) is 0 Å². The second-order valence-electron chi connectivity index (χ2n) is 7.36. The summed E-state index contributed by atoms with van der Waals surface area (Å²) < 4.78 is 6.49. The van der Waals surface area contributed by atoms with E-state index in [9.17, 15) is 0 Å². The third-order valence-corrected chi connectivity index (χ3v) is 5.49. The minimum atomic E-state index is 0.843. The Bertz CT molecular complexity index is 1280. The number of hydrogen-bond donors (Lipinski definition) is 0.